The van der Waals surface area contributed by atoms with Crippen molar-refractivity contribution >= 4 is 5.91 Å². The van der Waals surface area contributed by atoms with Gasteiger partial charge >= 0.3 is 0 Å². The lowest BCUT2D eigenvalue weighted by Gasteiger charge is -2.20. The van der Waals surface area contributed by atoms with Crippen LogP contribution in [-0.2, 0) is 22.4 Å². The highest BCUT2D eigenvalue weighted by Crippen LogP contribution is 2.26. The SMILES string of the molecule is O=C(CN1CCc2[nH]nc(-c3ccccc3)c2CC1)NCC1CCCO1. The summed E-state index contributed by atoms with van der Waals surface area (Å²) in [5, 5.41) is 10.8. The molecule has 2 aromatic rings. The Balaban J connectivity index is 1.33. The molecule has 0 saturated carbocycles. The molecule has 1 atom stereocenters. The molecule has 1 fully saturated rings. The van der Waals surface area contributed by atoms with Crippen molar-refractivity contribution in [1.29, 1.82) is 0 Å². The Hall–Kier alpha value is -2.18. The fourth-order valence-corrected chi connectivity index (χ4v) is 3.81. The molecule has 0 aliphatic carbocycles. The van der Waals surface area contributed by atoms with Crippen molar-refractivity contribution in [2.24, 2.45) is 0 Å². The molecule has 1 saturated heterocycles. The summed E-state index contributed by atoms with van der Waals surface area (Å²) in [7, 11) is 0. The molecule has 2 N–H and O–H groups in total. The van der Waals surface area contributed by atoms with E-state index in [-0.39, 0.29) is 12.0 Å². The third-order valence-electron chi connectivity index (χ3n) is 5.27. The van der Waals surface area contributed by atoms with E-state index < -0.39 is 0 Å². The van der Waals surface area contributed by atoms with Crippen molar-refractivity contribution in [3.8, 4) is 11.3 Å². The predicted molar refractivity (Wildman–Crippen MR) is 99.9 cm³/mol. The number of benzene rings is 1. The van der Waals surface area contributed by atoms with E-state index in [2.05, 4.69) is 32.5 Å². The van der Waals surface area contributed by atoms with Crippen LogP contribution in [0.1, 0.15) is 24.1 Å². The Bertz CT molecular complexity index is 738. The second-order valence-electron chi connectivity index (χ2n) is 7.11. The molecular formula is C20H26N4O2. The number of carbonyl (C=O) groups is 1. The number of fused-ring (bicyclic) bond motifs is 1. The molecule has 4 rings (SSSR count). The quantitative estimate of drug-likeness (QED) is 0.859. The number of hydrogen-bond acceptors (Lipinski definition) is 4. The minimum Gasteiger partial charge on any atom is -0.376 e. The average Bonchev–Trinajstić information content (AvgIpc) is 3.29. The van der Waals surface area contributed by atoms with Crippen LogP contribution in [0.15, 0.2) is 30.3 Å². The first-order valence-electron chi connectivity index (χ1n) is 9.52. The number of aromatic nitrogens is 2. The van der Waals surface area contributed by atoms with Gasteiger partial charge in [-0.15, -0.1) is 0 Å². The lowest BCUT2D eigenvalue weighted by Crippen LogP contribution is -2.41. The van der Waals surface area contributed by atoms with Crippen molar-refractivity contribution in [3.05, 3.63) is 41.6 Å². The maximum absolute atomic E-state index is 12.3. The van der Waals surface area contributed by atoms with Gasteiger partial charge in [0.2, 0.25) is 5.91 Å². The fourth-order valence-electron chi connectivity index (χ4n) is 3.81. The van der Waals surface area contributed by atoms with Crippen LogP contribution in [0.25, 0.3) is 11.3 Å². The van der Waals surface area contributed by atoms with Crippen LogP contribution in [0.2, 0.25) is 0 Å². The Morgan fingerprint density at radius 2 is 2.12 bits per heavy atom. The molecule has 1 unspecified atom stereocenters. The summed E-state index contributed by atoms with van der Waals surface area (Å²) >= 11 is 0. The predicted octanol–water partition coefficient (Wildman–Crippen LogP) is 1.77. The Labute approximate surface area is 153 Å². The van der Waals surface area contributed by atoms with Gasteiger partial charge in [0.05, 0.1) is 18.3 Å². The first-order valence-corrected chi connectivity index (χ1v) is 9.52. The van der Waals surface area contributed by atoms with E-state index >= 15 is 0 Å². The van der Waals surface area contributed by atoms with Crippen LogP contribution in [0, 0.1) is 0 Å². The lowest BCUT2D eigenvalue weighted by atomic mass is 10.0. The van der Waals surface area contributed by atoms with Gasteiger partial charge in [0.15, 0.2) is 0 Å². The van der Waals surface area contributed by atoms with Gasteiger partial charge in [0.1, 0.15) is 0 Å². The van der Waals surface area contributed by atoms with Crippen LogP contribution in [0.3, 0.4) is 0 Å². The summed E-state index contributed by atoms with van der Waals surface area (Å²) in [5.74, 6) is 0.0902. The number of carbonyl (C=O) groups excluding carboxylic acids is 1. The molecule has 1 aromatic heterocycles. The highest BCUT2D eigenvalue weighted by Gasteiger charge is 2.22. The smallest absolute Gasteiger partial charge is 0.234 e. The molecule has 0 bridgehead atoms. The van der Waals surface area contributed by atoms with Crippen LogP contribution < -0.4 is 5.32 Å². The van der Waals surface area contributed by atoms with Gasteiger partial charge in [-0.2, -0.15) is 5.10 Å². The van der Waals surface area contributed by atoms with Crippen molar-refractivity contribution in [1.82, 2.24) is 20.4 Å². The van der Waals surface area contributed by atoms with E-state index in [0.717, 1.165) is 56.6 Å². The molecule has 138 valence electrons. The van der Waals surface area contributed by atoms with Crippen molar-refractivity contribution in [3.63, 3.8) is 0 Å². The van der Waals surface area contributed by atoms with Gasteiger partial charge in [-0.1, -0.05) is 30.3 Å². The van der Waals surface area contributed by atoms with Crippen molar-refractivity contribution in [2.45, 2.75) is 31.8 Å². The largest absolute Gasteiger partial charge is 0.376 e. The number of aromatic amines is 1. The van der Waals surface area contributed by atoms with Crippen LogP contribution in [0.4, 0.5) is 0 Å². The number of ether oxygens (including phenoxy) is 1. The van der Waals surface area contributed by atoms with Gasteiger partial charge in [-0.05, 0) is 19.3 Å². The van der Waals surface area contributed by atoms with Gasteiger partial charge in [0, 0.05) is 49.5 Å². The number of nitrogens with one attached hydrogen (secondary N) is 2. The summed E-state index contributed by atoms with van der Waals surface area (Å²) in [6.07, 6.45) is 4.15. The maximum Gasteiger partial charge on any atom is 0.234 e. The zero-order valence-corrected chi connectivity index (χ0v) is 15.0. The minimum atomic E-state index is 0.0902. The van der Waals surface area contributed by atoms with E-state index in [0.29, 0.717) is 13.1 Å². The standard InChI is InChI=1S/C20H26N4O2/c25-19(21-13-16-7-4-12-26-16)14-24-10-8-17-18(9-11-24)22-23-20(17)15-5-2-1-3-6-15/h1-3,5-6,16H,4,7-14H2,(H,21,25)(H,22,23). The first kappa shape index (κ1) is 17.2. The van der Waals surface area contributed by atoms with Crippen LogP contribution in [-0.4, -0.2) is 59.9 Å². The van der Waals surface area contributed by atoms with E-state index in [1.54, 1.807) is 0 Å². The number of amides is 1. The average molecular weight is 354 g/mol. The summed E-state index contributed by atoms with van der Waals surface area (Å²) in [6, 6.07) is 10.3. The van der Waals surface area contributed by atoms with E-state index in [1.807, 2.05) is 18.2 Å². The molecule has 6 heteroatoms. The van der Waals surface area contributed by atoms with Gasteiger partial charge in [-0.25, -0.2) is 0 Å². The first-order chi connectivity index (χ1) is 12.8. The fraction of sp³-hybridized carbons (Fsp3) is 0.500. The molecule has 1 aromatic carbocycles. The summed E-state index contributed by atoms with van der Waals surface area (Å²) in [5.41, 5.74) is 4.68. The maximum atomic E-state index is 12.3. The summed E-state index contributed by atoms with van der Waals surface area (Å²) < 4.78 is 5.56. The zero-order valence-electron chi connectivity index (χ0n) is 15.0. The number of H-pyrrole nitrogens is 1. The Kier molecular flexibility index (Phi) is 5.32. The molecule has 26 heavy (non-hydrogen) atoms. The number of nitrogens with zero attached hydrogens (tertiary/aromatic N) is 2. The minimum absolute atomic E-state index is 0.0902. The topological polar surface area (TPSA) is 70.2 Å². The Morgan fingerprint density at radius 3 is 2.92 bits per heavy atom. The van der Waals surface area contributed by atoms with Crippen molar-refractivity contribution in [2.75, 3.05) is 32.8 Å². The van der Waals surface area contributed by atoms with E-state index in [1.165, 1.54) is 11.3 Å². The summed E-state index contributed by atoms with van der Waals surface area (Å²) in [4.78, 5) is 14.5. The van der Waals surface area contributed by atoms with E-state index in [9.17, 15) is 4.79 Å². The molecule has 1 amide bonds. The lowest BCUT2D eigenvalue weighted by molar-refractivity contribution is -0.122. The van der Waals surface area contributed by atoms with Crippen LogP contribution in [0.5, 0.6) is 0 Å². The second-order valence-corrected chi connectivity index (χ2v) is 7.11. The number of rotatable bonds is 5. The molecule has 3 heterocycles. The van der Waals surface area contributed by atoms with Gasteiger partial charge in [0.25, 0.3) is 0 Å². The molecule has 2 aliphatic heterocycles. The van der Waals surface area contributed by atoms with E-state index in [4.69, 9.17) is 4.74 Å². The Morgan fingerprint density at radius 1 is 1.27 bits per heavy atom. The van der Waals surface area contributed by atoms with Crippen molar-refractivity contribution < 1.29 is 9.53 Å². The third kappa shape index (κ3) is 3.97. The molecule has 2 aliphatic rings. The van der Waals surface area contributed by atoms with Crippen LogP contribution >= 0.6 is 0 Å². The number of hydrogen-bond donors (Lipinski definition) is 2. The molecule has 6 nitrogen and oxygen atoms in total. The normalized spacial score (nSPS) is 20.5. The monoisotopic (exact) mass is 354 g/mol. The zero-order chi connectivity index (χ0) is 17.8. The molecule has 0 spiro atoms. The van der Waals surface area contributed by atoms with Gasteiger partial charge < -0.3 is 10.1 Å². The summed E-state index contributed by atoms with van der Waals surface area (Å²) in [6.45, 7) is 3.65. The highest BCUT2D eigenvalue weighted by molar-refractivity contribution is 5.78. The highest BCUT2D eigenvalue weighted by atomic mass is 16.5. The molecule has 0 radical (unpaired) electrons. The molecular weight excluding hydrogens is 328 g/mol. The second kappa shape index (κ2) is 8.01. The third-order valence-corrected chi connectivity index (χ3v) is 5.27. The van der Waals surface area contributed by atoms with Gasteiger partial charge in [-0.3, -0.25) is 14.8 Å².